The predicted molar refractivity (Wildman–Crippen MR) is 72.0 cm³/mol. The largest absolute Gasteiger partial charge is 0.497 e. The first-order chi connectivity index (χ1) is 9.76. The number of unbranched alkanes of at least 4 members (excludes halogenated alkanes) is 1. The molecule has 0 aliphatic carbocycles. The number of nitrogens with two attached hydrogens (primary N) is 1. The second kappa shape index (κ2) is 8.37. The van der Waals surface area contributed by atoms with Gasteiger partial charge in [0.05, 0.1) is 26.9 Å². The van der Waals surface area contributed by atoms with Gasteiger partial charge in [-0.25, -0.2) is 0 Å². The maximum Gasteiger partial charge on any atom is 0.324 e. The zero-order valence-electron chi connectivity index (χ0n) is 11.1. The number of rotatable bonds is 5. The second-order valence-corrected chi connectivity index (χ2v) is 3.75. The van der Waals surface area contributed by atoms with Crippen LogP contribution in [-0.2, 0) is 0 Å². The molecule has 1 aromatic rings. The van der Waals surface area contributed by atoms with Gasteiger partial charge in [-0.3, -0.25) is 30.3 Å². The number of nitro groups is 3. The maximum atomic E-state index is 10.4. The number of hydrogen-bond acceptors (Lipinski definition) is 8. The van der Waals surface area contributed by atoms with E-state index in [1.807, 2.05) is 0 Å². The number of phenolic OH excluding ortho intramolecular Hbond substituents is 1. The summed E-state index contributed by atoms with van der Waals surface area (Å²) in [5, 5.41) is 40.2. The summed E-state index contributed by atoms with van der Waals surface area (Å²) in [5.41, 5.74) is 2.14. The molecule has 0 aliphatic rings. The lowest BCUT2D eigenvalue weighted by Gasteiger charge is -1.97. The first-order valence-electron chi connectivity index (χ1n) is 5.76. The molecule has 0 radical (unpaired) electrons. The van der Waals surface area contributed by atoms with Crippen molar-refractivity contribution < 1.29 is 19.9 Å². The van der Waals surface area contributed by atoms with E-state index in [4.69, 9.17) is 10.8 Å². The molecule has 1 aromatic carbocycles. The molecule has 1 rings (SSSR count). The Labute approximate surface area is 118 Å². The summed E-state index contributed by atoms with van der Waals surface area (Å²) in [6.07, 6.45) is 2.39. The molecule has 0 saturated carbocycles. The van der Waals surface area contributed by atoms with Crippen LogP contribution < -0.4 is 5.73 Å². The summed E-state index contributed by atoms with van der Waals surface area (Å²) in [6.45, 7) is 2.98. The van der Waals surface area contributed by atoms with Gasteiger partial charge in [0.15, 0.2) is 0 Å². The van der Waals surface area contributed by atoms with Crippen molar-refractivity contribution in [1.82, 2.24) is 0 Å². The monoisotopic (exact) mass is 302 g/mol. The zero-order valence-corrected chi connectivity index (χ0v) is 11.1. The van der Waals surface area contributed by atoms with Crippen molar-refractivity contribution in [2.75, 3.05) is 6.54 Å². The number of nitrogens with zero attached hydrogens (tertiary/aromatic N) is 3. The topological polar surface area (TPSA) is 176 Å². The number of aromatic hydroxyl groups is 1. The minimum atomic E-state index is -1.21. The minimum absolute atomic E-state index is 0.447. The van der Waals surface area contributed by atoms with E-state index in [1.54, 1.807) is 0 Å². The van der Waals surface area contributed by atoms with Crippen LogP contribution in [0, 0.1) is 30.3 Å². The summed E-state index contributed by atoms with van der Waals surface area (Å²) >= 11 is 0. The zero-order chi connectivity index (χ0) is 16.6. The van der Waals surface area contributed by atoms with Crippen LogP contribution in [0.5, 0.6) is 5.75 Å². The normalized spacial score (nSPS) is 9.43. The molecular weight excluding hydrogens is 288 g/mol. The van der Waals surface area contributed by atoms with E-state index in [9.17, 15) is 30.3 Å². The van der Waals surface area contributed by atoms with Gasteiger partial charge in [0, 0.05) is 0 Å². The van der Waals surface area contributed by atoms with Crippen molar-refractivity contribution in [3.8, 4) is 5.75 Å². The van der Waals surface area contributed by atoms with E-state index in [1.165, 1.54) is 12.8 Å². The average molecular weight is 302 g/mol. The standard InChI is InChI=1S/C6H3N3O7.C4H11N/c10-6-4(8(13)14)1-3(7(11)12)2-5(6)9(15)16;1-2-3-4-5/h1-2,10H;2-5H2,1H3. The summed E-state index contributed by atoms with van der Waals surface area (Å²) in [5.74, 6) is -1.21. The number of non-ortho nitro benzene ring substituents is 1. The van der Waals surface area contributed by atoms with Gasteiger partial charge < -0.3 is 10.8 Å². The molecule has 0 amide bonds. The van der Waals surface area contributed by atoms with Crippen molar-refractivity contribution >= 4 is 17.1 Å². The molecule has 116 valence electrons. The van der Waals surface area contributed by atoms with Gasteiger partial charge in [0.25, 0.3) is 11.4 Å². The predicted octanol–water partition coefficient (Wildman–Crippen LogP) is 1.86. The van der Waals surface area contributed by atoms with Gasteiger partial charge >= 0.3 is 11.4 Å². The number of phenols is 1. The highest BCUT2D eigenvalue weighted by molar-refractivity contribution is 5.64. The Morgan fingerprint density at radius 2 is 1.48 bits per heavy atom. The van der Waals surface area contributed by atoms with Crippen LogP contribution in [0.1, 0.15) is 19.8 Å². The highest BCUT2D eigenvalue weighted by Gasteiger charge is 2.29. The second-order valence-electron chi connectivity index (χ2n) is 3.75. The van der Waals surface area contributed by atoms with Crippen molar-refractivity contribution in [3.05, 3.63) is 42.5 Å². The molecule has 0 aliphatic heterocycles. The first kappa shape index (κ1) is 18.2. The fourth-order valence-electron chi connectivity index (χ4n) is 1.18. The fraction of sp³-hybridized carbons (Fsp3) is 0.400. The summed E-state index contributed by atoms with van der Waals surface area (Å²) in [7, 11) is 0. The fourth-order valence-corrected chi connectivity index (χ4v) is 1.18. The van der Waals surface area contributed by atoms with E-state index in [2.05, 4.69) is 6.92 Å². The van der Waals surface area contributed by atoms with Gasteiger partial charge in [-0.15, -0.1) is 0 Å². The first-order valence-corrected chi connectivity index (χ1v) is 5.76. The lowest BCUT2D eigenvalue weighted by Crippen LogP contribution is -1.97. The molecule has 11 heteroatoms. The Morgan fingerprint density at radius 1 is 1.05 bits per heavy atom. The molecule has 0 heterocycles. The Kier molecular flexibility index (Phi) is 7.25. The van der Waals surface area contributed by atoms with Crippen LogP contribution >= 0.6 is 0 Å². The van der Waals surface area contributed by atoms with E-state index < -0.39 is 37.6 Å². The summed E-state index contributed by atoms with van der Waals surface area (Å²) in [6, 6.07) is 0.894. The molecule has 0 saturated heterocycles. The third-order valence-corrected chi connectivity index (χ3v) is 2.22. The molecule has 0 bridgehead atoms. The van der Waals surface area contributed by atoms with Crippen LogP contribution in [0.3, 0.4) is 0 Å². The lowest BCUT2D eigenvalue weighted by molar-refractivity contribution is -0.404. The highest BCUT2D eigenvalue weighted by atomic mass is 16.6. The van der Waals surface area contributed by atoms with Crippen molar-refractivity contribution in [1.29, 1.82) is 0 Å². The third kappa shape index (κ3) is 5.36. The molecule has 3 N–H and O–H groups in total. The van der Waals surface area contributed by atoms with E-state index in [-0.39, 0.29) is 0 Å². The molecule has 11 nitrogen and oxygen atoms in total. The Morgan fingerprint density at radius 3 is 1.67 bits per heavy atom. The summed E-state index contributed by atoms with van der Waals surface area (Å²) < 4.78 is 0. The van der Waals surface area contributed by atoms with Crippen LogP contribution in [0.25, 0.3) is 0 Å². The molecule has 0 spiro atoms. The smallest absolute Gasteiger partial charge is 0.324 e. The average Bonchev–Trinajstić information content (AvgIpc) is 2.39. The number of nitro benzene ring substituents is 3. The minimum Gasteiger partial charge on any atom is -0.497 e. The van der Waals surface area contributed by atoms with Gasteiger partial charge in [0.2, 0.25) is 0 Å². The molecule has 0 unspecified atom stereocenters. The molecule has 0 fully saturated rings. The molecule has 0 aromatic heterocycles. The lowest BCUT2D eigenvalue weighted by atomic mass is 10.2. The quantitative estimate of drug-likeness (QED) is 0.611. The number of benzene rings is 1. The van der Waals surface area contributed by atoms with Crippen LogP contribution in [-0.4, -0.2) is 26.4 Å². The molecule has 21 heavy (non-hydrogen) atoms. The molecular formula is C10H14N4O7. The molecule has 0 atom stereocenters. The van der Waals surface area contributed by atoms with Gasteiger partial charge in [-0.1, -0.05) is 13.3 Å². The Bertz CT molecular complexity index is 509. The summed E-state index contributed by atoms with van der Waals surface area (Å²) in [4.78, 5) is 27.8. The van der Waals surface area contributed by atoms with E-state index in [0.29, 0.717) is 12.1 Å². The maximum absolute atomic E-state index is 10.4. The van der Waals surface area contributed by atoms with Crippen molar-refractivity contribution in [2.45, 2.75) is 19.8 Å². The highest BCUT2D eigenvalue weighted by Crippen LogP contribution is 2.38. The third-order valence-electron chi connectivity index (χ3n) is 2.22. The van der Waals surface area contributed by atoms with Gasteiger partial charge in [-0.05, 0) is 13.0 Å². The van der Waals surface area contributed by atoms with Crippen LogP contribution in [0.2, 0.25) is 0 Å². The van der Waals surface area contributed by atoms with Gasteiger partial charge in [-0.2, -0.15) is 0 Å². The van der Waals surface area contributed by atoms with Crippen molar-refractivity contribution in [3.63, 3.8) is 0 Å². The van der Waals surface area contributed by atoms with Gasteiger partial charge in [0.1, 0.15) is 0 Å². The van der Waals surface area contributed by atoms with E-state index in [0.717, 1.165) is 6.54 Å². The Balaban J connectivity index is 0.000000690. The number of hydrogen-bond donors (Lipinski definition) is 2. The SMILES string of the molecule is CCCCN.O=[N+]([O-])c1cc([N+](=O)[O-])c(O)c([N+](=O)[O-])c1. The van der Waals surface area contributed by atoms with Crippen molar-refractivity contribution in [2.24, 2.45) is 5.73 Å². The van der Waals surface area contributed by atoms with Crippen LogP contribution in [0.4, 0.5) is 17.1 Å². The van der Waals surface area contributed by atoms with Crippen LogP contribution in [0.15, 0.2) is 12.1 Å². The Hall–Kier alpha value is -2.82. The van der Waals surface area contributed by atoms with E-state index >= 15 is 0 Å².